The third-order valence-electron chi connectivity index (χ3n) is 6.84. The van der Waals surface area contributed by atoms with Gasteiger partial charge in [0, 0.05) is 22.5 Å². The van der Waals surface area contributed by atoms with Crippen LogP contribution in [-0.2, 0) is 17.6 Å². The molecule has 1 aromatic heterocycles. The van der Waals surface area contributed by atoms with E-state index in [1.54, 1.807) is 28.4 Å². The lowest BCUT2D eigenvalue weighted by Gasteiger charge is -2.40. The number of halogens is 1. The third-order valence-corrected chi connectivity index (χ3v) is 7.84. The van der Waals surface area contributed by atoms with Gasteiger partial charge in [-0.25, -0.2) is 4.39 Å². The second kappa shape index (κ2) is 11.0. The van der Waals surface area contributed by atoms with Gasteiger partial charge in [-0.05, 0) is 92.4 Å². The lowest BCUT2D eigenvalue weighted by Crippen LogP contribution is -2.52. The van der Waals surface area contributed by atoms with Gasteiger partial charge in [0.2, 0.25) is 5.91 Å². The molecule has 0 spiro atoms. The van der Waals surface area contributed by atoms with Gasteiger partial charge in [-0.15, -0.1) is 11.3 Å². The summed E-state index contributed by atoms with van der Waals surface area (Å²) in [6.45, 7) is 8.58. The van der Waals surface area contributed by atoms with Gasteiger partial charge in [-0.1, -0.05) is 37.6 Å². The minimum Gasteiger partial charge on any atom is -0.330 e. The highest BCUT2D eigenvalue weighted by Gasteiger charge is 2.36. The number of carbonyl (C=O) groups is 2. The lowest BCUT2D eigenvalue weighted by molar-refractivity contribution is -0.135. The van der Waals surface area contributed by atoms with E-state index in [1.165, 1.54) is 22.6 Å². The molecule has 4 rings (SSSR count). The number of carbonyl (C=O) groups excluding carboxylic acids is 2. The van der Waals surface area contributed by atoms with E-state index in [-0.39, 0.29) is 30.2 Å². The molecule has 2 amide bonds. The summed E-state index contributed by atoms with van der Waals surface area (Å²) in [5.74, 6) is -0.559. The zero-order valence-corrected chi connectivity index (χ0v) is 22.4. The Kier molecular flexibility index (Phi) is 7.94. The van der Waals surface area contributed by atoms with Crippen LogP contribution in [0.25, 0.3) is 0 Å². The van der Waals surface area contributed by atoms with E-state index < -0.39 is 5.54 Å². The second-order valence-corrected chi connectivity index (χ2v) is 11.5. The van der Waals surface area contributed by atoms with Gasteiger partial charge >= 0.3 is 0 Å². The fourth-order valence-corrected chi connectivity index (χ4v) is 5.68. The number of hydrogen-bond donors (Lipinski definition) is 0. The molecule has 1 unspecified atom stereocenters. The molecule has 0 aliphatic carbocycles. The first-order valence-electron chi connectivity index (χ1n) is 12.7. The van der Waals surface area contributed by atoms with Crippen molar-refractivity contribution in [3.63, 3.8) is 0 Å². The standard InChI is InChI=1S/C30H35FN2O2S/c1-5-6-7-21-8-10-23(11-9-21)29(35)33(30(2,3)4)20-27(34)32-18-16-26-25(17-19-36-26)28(32)22-12-14-24(31)15-13-22/h8-15,17,19,28H,5-7,16,18,20H2,1-4H3. The Morgan fingerprint density at radius 2 is 1.75 bits per heavy atom. The molecule has 190 valence electrons. The molecule has 0 bridgehead atoms. The summed E-state index contributed by atoms with van der Waals surface area (Å²) in [4.78, 5) is 32.2. The van der Waals surface area contributed by atoms with Crippen LogP contribution in [0.2, 0.25) is 0 Å². The molecule has 1 aliphatic rings. The maximum atomic E-state index is 13.8. The van der Waals surface area contributed by atoms with Crippen LogP contribution in [-0.4, -0.2) is 40.2 Å². The van der Waals surface area contributed by atoms with Crippen molar-refractivity contribution in [3.8, 4) is 0 Å². The van der Waals surface area contributed by atoms with Crippen molar-refractivity contribution in [1.29, 1.82) is 0 Å². The quantitative estimate of drug-likeness (QED) is 0.360. The van der Waals surface area contributed by atoms with Gasteiger partial charge in [0.1, 0.15) is 12.4 Å². The molecule has 0 saturated carbocycles. The van der Waals surface area contributed by atoms with Crippen molar-refractivity contribution in [2.75, 3.05) is 13.1 Å². The van der Waals surface area contributed by atoms with E-state index in [1.807, 2.05) is 55.3 Å². The summed E-state index contributed by atoms with van der Waals surface area (Å²) in [6.07, 6.45) is 4.02. The number of benzene rings is 2. The minimum absolute atomic E-state index is 0.0168. The number of fused-ring (bicyclic) bond motifs is 1. The highest BCUT2D eigenvalue weighted by atomic mass is 32.1. The number of aryl methyl sites for hydroxylation is 1. The van der Waals surface area contributed by atoms with E-state index in [4.69, 9.17) is 0 Å². The molecule has 1 aliphatic heterocycles. The Morgan fingerprint density at radius 3 is 2.39 bits per heavy atom. The molecule has 6 heteroatoms. The summed E-state index contributed by atoms with van der Waals surface area (Å²) in [5, 5.41) is 2.05. The van der Waals surface area contributed by atoms with Crippen molar-refractivity contribution in [3.05, 3.63) is 92.9 Å². The molecule has 1 atom stereocenters. The maximum Gasteiger partial charge on any atom is 0.254 e. The summed E-state index contributed by atoms with van der Waals surface area (Å²) >= 11 is 1.69. The summed E-state index contributed by atoms with van der Waals surface area (Å²) in [6, 6.07) is 15.9. The molecular formula is C30H35FN2O2S. The van der Waals surface area contributed by atoms with Crippen LogP contribution in [0.15, 0.2) is 60.0 Å². The molecule has 4 nitrogen and oxygen atoms in total. The number of amides is 2. The van der Waals surface area contributed by atoms with Gasteiger partial charge in [0.05, 0.1) is 6.04 Å². The first-order chi connectivity index (χ1) is 17.2. The Balaban J connectivity index is 1.59. The predicted molar refractivity (Wildman–Crippen MR) is 144 cm³/mol. The predicted octanol–water partition coefficient (Wildman–Crippen LogP) is 6.64. The fraction of sp³-hybridized carbons (Fsp3) is 0.400. The smallest absolute Gasteiger partial charge is 0.254 e. The van der Waals surface area contributed by atoms with Crippen molar-refractivity contribution in [2.45, 2.75) is 65.0 Å². The zero-order valence-electron chi connectivity index (χ0n) is 21.6. The van der Waals surface area contributed by atoms with Crippen LogP contribution in [0.5, 0.6) is 0 Å². The lowest BCUT2D eigenvalue weighted by atomic mass is 9.93. The van der Waals surface area contributed by atoms with Crippen LogP contribution < -0.4 is 0 Å². The van der Waals surface area contributed by atoms with E-state index in [0.717, 1.165) is 36.8 Å². The molecule has 0 saturated heterocycles. The van der Waals surface area contributed by atoms with Gasteiger partial charge in [-0.2, -0.15) is 0 Å². The number of unbranched alkanes of at least 4 members (excludes halogenated alkanes) is 1. The number of thiophene rings is 1. The molecular weight excluding hydrogens is 471 g/mol. The molecule has 36 heavy (non-hydrogen) atoms. The van der Waals surface area contributed by atoms with Crippen molar-refractivity contribution >= 4 is 23.2 Å². The van der Waals surface area contributed by atoms with Crippen molar-refractivity contribution in [2.24, 2.45) is 0 Å². The molecule has 0 N–H and O–H groups in total. The van der Waals surface area contributed by atoms with Crippen LogP contribution in [0.1, 0.15) is 78.5 Å². The van der Waals surface area contributed by atoms with E-state index in [2.05, 4.69) is 13.0 Å². The first-order valence-corrected chi connectivity index (χ1v) is 13.6. The normalized spacial score (nSPS) is 15.5. The Bertz CT molecular complexity index is 1190. The van der Waals surface area contributed by atoms with E-state index in [0.29, 0.717) is 12.1 Å². The fourth-order valence-electron chi connectivity index (χ4n) is 4.78. The second-order valence-electron chi connectivity index (χ2n) is 10.5. The molecule has 2 heterocycles. The summed E-state index contributed by atoms with van der Waals surface area (Å²) in [5.41, 5.74) is 3.23. The zero-order chi connectivity index (χ0) is 25.9. The topological polar surface area (TPSA) is 40.6 Å². The highest BCUT2D eigenvalue weighted by Crippen LogP contribution is 2.38. The average molecular weight is 507 g/mol. The van der Waals surface area contributed by atoms with Crippen LogP contribution in [0.3, 0.4) is 0 Å². The van der Waals surface area contributed by atoms with Crippen LogP contribution in [0, 0.1) is 5.82 Å². The number of nitrogens with zero attached hydrogens (tertiary/aromatic N) is 2. The van der Waals surface area contributed by atoms with Crippen LogP contribution >= 0.6 is 11.3 Å². The Morgan fingerprint density at radius 1 is 1.06 bits per heavy atom. The maximum absolute atomic E-state index is 13.8. The average Bonchev–Trinajstić information content (AvgIpc) is 3.34. The van der Waals surface area contributed by atoms with Crippen molar-refractivity contribution in [1.82, 2.24) is 9.80 Å². The van der Waals surface area contributed by atoms with Crippen LogP contribution in [0.4, 0.5) is 4.39 Å². The molecule has 2 aromatic carbocycles. The minimum atomic E-state index is -0.539. The summed E-state index contributed by atoms with van der Waals surface area (Å²) < 4.78 is 13.7. The molecule has 0 fully saturated rings. The third kappa shape index (κ3) is 5.70. The van der Waals surface area contributed by atoms with Crippen molar-refractivity contribution < 1.29 is 14.0 Å². The van der Waals surface area contributed by atoms with Gasteiger partial charge in [0.25, 0.3) is 5.91 Å². The number of hydrogen-bond acceptors (Lipinski definition) is 3. The van der Waals surface area contributed by atoms with Gasteiger partial charge in [-0.3, -0.25) is 9.59 Å². The number of rotatable bonds is 7. The Labute approximate surface area is 217 Å². The largest absolute Gasteiger partial charge is 0.330 e. The molecule has 0 radical (unpaired) electrons. The first kappa shape index (κ1) is 26.1. The summed E-state index contributed by atoms with van der Waals surface area (Å²) in [7, 11) is 0. The molecule has 3 aromatic rings. The van der Waals surface area contributed by atoms with E-state index >= 15 is 0 Å². The van der Waals surface area contributed by atoms with E-state index in [9.17, 15) is 14.0 Å². The SMILES string of the molecule is CCCCc1ccc(C(=O)N(CC(=O)N2CCc3sccc3C2c2ccc(F)cc2)C(C)(C)C)cc1. The highest BCUT2D eigenvalue weighted by molar-refractivity contribution is 7.10. The Hall–Kier alpha value is -2.99. The monoisotopic (exact) mass is 506 g/mol. The van der Waals surface area contributed by atoms with Gasteiger partial charge in [0.15, 0.2) is 0 Å². The van der Waals surface area contributed by atoms with Gasteiger partial charge < -0.3 is 9.80 Å².